The Morgan fingerprint density at radius 2 is 1.61 bits per heavy atom. The van der Waals surface area contributed by atoms with E-state index in [2.05, 4.69) is 5.32 Å². The summed E-state index contributed by atoms with van der Waals surface area (Å²) >= 11 is 0. The van der Waals surface area contributed by atoms with Crippen LogP contribution in [-0.4, -0.2) is 31.4 Å². The SMILES string of the molecule is CCC(=O)COCCCCCCCCNC(C)=O. The van der Waals surface area contributed by atoms with Gasteiger partial charge in [-0.2, -0.15) is 0 Å². The van der Waals surface area contributed by atoms with E-state index < -0.39 is 0 Å². The largest absolute Gasteiger partial charge is 0.374 e. The Balaban J connectivity index is 3.03. The van der Waals surface area contributed by atoms with Gasteiger partial charge in [0.15, 0.2) is 5.78 Å². The Bertz CT molecular complexity index is 229. The smallest absolute Gasteiger partial charge is 0.216 e. The van der Waals surface area contributed by atoms with E-state index in [4.69, 9.17) is 4.74 Å². The number of carbonyl (C=O) groups is 2. The van der Waals surface area contributed by atoms with E-state index in [1.54, 1.807) is 6.92 Å². The van der Waals surface area contributed by atoms with Crippen LogP contribution in [0.4, 0.5) is 0 Å². The number of ether oxygens (including phenoxy) is 1. The Morgan fingerprint density at radius 3 is 2.22 bits per heavy atom. The minimum absolute atomic E-state index is 0.0498. The van der Waals surface area contributed by atoms with Crippen molar-refractivity contribution in [2.45, 2.75) is 58.8 Å². The second-order valence-electron chi connectivity index (χ2n) is 4.55. The summed E-state index contributed by atoms with van der Waals surface area (Å²) in [6, 6.07) is 0. The molecule has 0 saturated carbocycles. The molecule has 4 heteroatoms. The number of Topliss-reactive ketones (excluding diaryl/α,β-unsaturated/α-hetero) is 1. The van der Waals surface area contributed by atoms with E-state index in [1.807, 2.05) is 6.92 Å². The fraction of sp³-hybridized carbons (Fsp3) is 0.857. The molecule has 0 unspecified atom stereocenters. The van der Waals surface area contributed by atoms with Crippen molar-refractivity contribution >= 4 is 11.7 Å². The van der Waals surface area contributed by atoms with Gasteiger partial charge in [0, 0.05) is 26.5 Å². The molecule has 1 N–H and O–H groups in total. The summed E-state index contributed by atoms with van der Waals surface area (Å²) in [5.74, 6) is 0.224. The molecule has 0 radical (unpaired) electrons. The van der Waals surface area contributed by atoms with Gasteiger partial charge in [-0.25, -0.2) is 0 Å². The second-order valence-corrected chi connectivity index (χ2v) is 4.55. The zero-order valence-corrected chi connectivity index (χ0v) is 11.8. The lowest BCUT2D eigenvalue weighted by Crippen LogP contribution is -2.20. The van der Waals surface area contributed by atoms with Gasteiger partial charge >= 0.3 is 0 Å². The third kappa shape index (κ3) is 13.2. The average molecular weight is 257 g/mol. The molecule has 0 bridgehead atoms. The van der Waals surface area contributed by atoms with Crippen LogP contribution in [0.5, 0.6) is 0 Å². The summed E-state index contributed by atoms with van der Waals surface area (Å²) < 4.78 is 5.26. The normalized spacial score (nSPS) is 10.3. The minimum Gasteiger partial charge on any atom is -0.374 e. The quantitative estimate of drug-likeness (QED) is 0.546. The van der Waals surface area contributed by atoms with Gasteiger partial charge in [-0.15, -0.1) is 0 Å². The molecule has 0 heterocycles. The van der Waals surface area contributed by atoms with Crippen LogP contribution in [0.3, 0.4) is 0 Å². The van der Waals surface area contributed by atoms with Crippen LogP contribution < -0.4 is 5.32 Å². The molecule has 1 amide bonds. The standard InChI is InChI=1S/C14H27NO3/c1-3-14(17)12-18-11-9-7-5-4-6-8-10-15-13(2)16/h3-12H2,1-2H3,(H,15,16). The van der Waals surface area contributed by atoms with Crippen LogP contribution in [0, 0.1) is 0 Å². The lowest BCUT2D eigenvalue weighted by Gasteiger charge is -2.04. The first-order valence-electron chi connectivity index (χ1n) is 7.00. The van der Waals surface area contributed by atoms with Crippen molar-refractivity contribution in [3.05, 3.63) is 0 Å². The van der Waals surface area contributed by atoms with Gasteiger partial charge in [-0.05, 0) is 12.8 Å². The minimum atomic E-state index is 0.0498. The summed E-state index contributed by atoms with van der Waals surface area (Å²) in [6.45, 7) is 5.15. The third-order valence-corrected chi connectivity index (χ3v) is 2.75. The third-order valence-electron chi connectivity index (χ3n) is 2.75. The molecule has 0 saturated heterocycles. The number of amides is 1. The Morgan fingerprint density at radius 1 is 1.00 bits per heavy atom. The molecule has 0 aromatic heterocycles. The van der Waals surface area contributed by atoms with Crippen molar-refractivity contribution in [2.24, 2.45) is 0 Å². The van der Waals surface area contributed by atoms with Crippen LogP contribution >= 0.6 is 0 Å². The molecule has 0 atom stereocenters. The summed E-state index contributed by atoms with van der Waals surface area (Å²) in [6.07, 6.45) is 7.37. The number of carbonyl (C=O) groups excluding carboxylic acids is 2. The number of hydrogen-bond acceptors (Lipinski definition) is 3. The average Bonchev–Trinajstić information content (AvgIpc) is 2.35. The lowest BCUT2D eigenvalue weighted by molar-refractivity contribution is -0.123. The van der Waals surface area contributed by atoms with Gasteiger partial charge in [-0.1, -0.05) is 32.6 Å². The maximum absolute atomic E-state index is 10.9. The molecule has 0 aliphatic carbocycles. The van der Waals surface area contributed by atoms with Crippen molar-refractivity contribution in [3.8, 4) is 0 Å². The van der Waals surface area contributed by atoms with Crippen molar-refractivity contribution in [3.63, 3.8) is 0 Å². The van der Waals surface area contributed by atoms with Gasteiger partial charge < -0.3 is 10.1 Å². The molecule has 0 aromatic rings. The first kappa shape index (κ1) is 17.1. The monoisotopic (exact) mass is 257 g/mol. The fourth-order valence-corrected chi connectivity index (χ4v) is 1.59. The zero-order chi connectivity index (χ0) is 13.6. The van der Waals surface area contributed by atoms with E-state index in [1.165, 1.54) is 12.8 Å². The molecule has 0 spiro atoms. The molecule has 106 valence electrons. The zero-order valence-electron chi connectivity index (χ0n) is 11.8. The maximum atomic E-state index is 10.9. The summed E-state index contributed by atoms with van der Waals surface area (Å²) in [5, 5.41) is 2.79. The van der Waals surface area contributed by atoms with Crippen LogP contribution in [0.25, 0.3) is 0 Å². The van der Waals surface area contributed by atoms with Gasteiger partial charge in [0.05, 0.1) is 0 Å². The summed E-state index contributed by atoms with van der Waals surface area (Å²) in [7, 11) is 0. The molecule has 18 heavy (non-hydrogen) atoms. The fourth-order valence-electron chi connectivity index (χ4n) is 1.59. The number of unbranched alkanes of at least 4 members (excludes halogenated alkanes) is 5. The first-order chi connectivity index (χ1) is 8.66. The van der Waals surface area contributed by atoms with Crippen LogP contribution in [0.15, 0.2) is 0 Å². The highest BCUT2D eigenvalue weighted by Gasteiger charge is 1.97. The second kappa shape index (κ2) is 12.6. The number of nitrogens with one attached hydrogen (secondary N) is 1. The van der Waals surface area contributed by atoms with E-state index in [0.29, 0.717) is 13.0 Å². The summed E-state index contributed by atoms with van der Waals surface area (Å²) in [4.78, 5) is 21.5. The number of hydrogen-bond donors (Lipinski definition) is 1. The molecule has 0 rings (SSSR count). The van der Waals surface area contributed by atoms with Gasteiger partial charge in [0.2, 0.25) is 5.91 Å². The summed E-state index contributed by atoms with van der Waals surface area (Å²) in [5.41, 5.74) is 0. The van der Waals surface area contributed by atoms with Gasteiger partial charge in [-0.3, -0.25) is 9.59 Å². The molecule has 0 aromatic carbocycles. The highest BCUT2D eigenvalue weighted by atomic mass is 16.5. The molecule has 0 aliphatic heterocycles. The predicted octanol–water partition coefficient (Wildman–Crippen LogP) is 2.46. The molecule has 0 aliphatic rings. The predicted molar refractivity (Wildman–Crippen MR) is 72.5 cm³/mol. The topological polar surface area (TPSA) is 55.4 Å². The Kier molecular flexibility index (Phi) is 11.9. The highest BCUT2D eigenvalue weighted by Crippen LogP contribution is 2.05. The van der Waals surface area contributed by atoms with Crippen molar-refractivity contribution in [1.29, 1.82) is 0 Å². The highest BCUT2D eigenvalue weighted by molar-refractivity contribution is 5.79. The van der Waals surface area contributed by atoms with Crippen LogP contribution in [-0.2, 0) is 14.3 Å². The number of ketones is 1. The first-order valence-corrected chi connectivity index (χ1v) is 7.00. The molecule has 0 fully saturated rings. The molecule has 4 nitrogen and oxygen atoms in total. The number of rotatable bonds is 12. The van der Waals surface area contributed by atoms with E-state index in [0.717, 1.165) is 32.2 Å². The Hall–Kier alpha value is -0.900. The molecular formula is C14H27NO3. The van der Waals surface area contributed by atoms with Gasteiger partial charge in [0.25, 0.3) is 0 Å². The van der Waals surface area contributed by atoms with E-state index >= 15 is 0 Å². The van der Waals surface area contributed by atoms with Crippen molar-refractivity contribution in [2.75, 3.05) is 19.8 Å². The van der Waals surface area contributed by atoms with E-state index in [9.17, 15) is 9.59 Å². The van der Waals surface area contributed by atoms with Crippen LogP contribution in [0.1, 0.15) is 58.8 Å². The maximum Gasteiger partial charge on any atom is 0.216 e. The van der Waals surface area contributed by atoms with Crippen molar-refractivity contribution < 1.29 is 14.3 Å². The van der Waals surface area contributed by atoms with Gasteiger partial charge in [0.1, 0.15) is 6.61 Å². The van der Waals surface area contributed by atoms with Crippen LogP contribution in [0.2, 0.25) is 0 Å². The lowest BCUT2D eigenvalue weighted by atomic mass is 10.1. The van der Waals surface area contributed by atoms with E-state index in [-0.39, 0.29) is 18.3 Å². The Labute approximate surface area is 110 Å². The van der Waals surface area contributed by atoms with Crippen molar-refractivity contribution in [1.82, 2.24) is 5.32 Å². The molecular weight excluding hydrogens is 230 g/mol.